The number of amides is 2. The zero-order chi connectivity index (χ0) is 19.2. The summed E-state index contributed by atoms with van der Waals surface area (Å²) in [4.78, 5) is 16.5. The first-order valence-electron chi connectivity index (χ1n) is 8.92. The summed E-state index contributed by atoms with van der Waals surface area (Å²) in [6.45, 7) is 3.84. The number of carbonyl (C=O) groups is 1. The van der Waals surface area contributed by atoms with Gasteiger partial charge in [-0.2, -0.15) is 0 Å². The van der Waals surface area contributed by atoms with Crippen LogP contribution in [-0.2, 0) is 6.42 Å². The maximum atomic E-state index is 13.2. The van der Waals surface area contributed by atoms with Crippen LogP contribution in [0.3, 0.4) is 0 Å². The summed E-state index contributed by atoms with van der Waals surface area (Å²) >= 11 is 5.75. The Morgan fingerprint density at radius 3 is 2.63 bits per heavy atom. The largest absolute Gasteiger partial charge is 0.496 e. The molecule has 0 bridgehead atoms. The van der Waals surface area contributed by atoms with Gasteiger partial charge in [-0.1, -0.05) is 29.8 Å². The Morgan fingerprint density at radius 2 is 1.93 bits per heavy atom. The van der Waals surface area contributed by atoms with E-state index in [0.29, 0.717) is 18.8 Å². The lowest BCUT2D eigenvalue weighted by Crippen LogP contribution is -2.50. The van der Waals surface area contributed by atoms with Gasteiger partial charge < -0.3 is 15.0 Å². The third-order valence-corrected chi connectivity index (χ3v) is 5.01. The molecule has 0 aromatic heterocycles. The number of ether oxygens (including phenoxy) is 1. The van der Waals surface area contributed by atoms with Crippen molar-refractivity contribution in [2.45, 2.75) is 6.42 Å². The number of hydrogen-bond acceptors (Lipinski definition) is 3. The number of methoxy groups -OCH3 is 1. The van der Waals surface area contributed by atoms with Crippen molar-refractivity contribution in [3.05, 3.63) is 58.9 Å². The number of carbonyl (C=O) groups excluding carboxylic acids is 1. The molecule has 144 valence electrons. The van der Waals surface area contributed by atoms with Crippen LogP contribution in [0.1, 0.15) is 5.56 Å². The van der Waals surface area contributed by atoms with Gasteiger partial charge in [0.1, 0.15) is 11.6 Å². The Hall–Kier alpha value is -2.31. The molecule has 0 unspecified atom stereocenters. The summed E-state index contributed by atoms with van der Waals surface area (Å²) in [7, 11) is 1.69. The van der Waals surface area contributed by atoms with Crippen LogP contribution >= 0.6 is 11.6 Å². The molecule has 1 heterocycles. The molecule has 0 radical (unpaired) electrons. The Kier molecular flexibility index (Phi) is 6.53. The van der Waals surface area contributed by atoms with Gasteiger partial charge in [-0.3, -0.25) is 4.90 Å². The maximum Gasteiger partial charge on any atom is 0.321 e. The second-order valence-electron chi connectivity index (χ2n) is 6.45. The van der Waals surface area contributed by atoms with Crippen LogP contribution in [0.4, 0.5) is 14.9 Å². The molecule has 2 amide bonds. The highest BCUT2D eigenvalue weighted by molar-refractivity contribution is 6.31. The van der Waals surface area contributed by atoms with Crippen LogP contribution in [0.25, 0.3) is 0 Å². The molecular weight excluding hydrogens is 369 g/mol. The van der Waals surface area contributed by atoms with E-state index in [1.165, 1.54) is 23.8 Å². The summed E-state index contributed by atoms with van der Waals surface area (Å²) in [5.41, 5.74) is 1.68. The molecule has 3 rings (SSSR count). The van der Waals surface area contributed by atoms with Gasteiger partial charge in [-0.05, 0) is 36.2 Å². The number of anilines is 1. The van der Waals surface area contributed by atoms with Crippen molar-refractivity contribution in [1.29, 1.82) is 0 Å². The number of halogens is 2. The number of nitrogens with one attached hydrogen (secondary N) is 1. The van der Waals surface area contributed by atoms with E-state index in [4.69, 9.17) is 16.3 Å². The standard InChI is InChI=1S/C20H23ClFN3O2/c1-27-19-5-3-2-4-15(19)8-9-24-10-12-25(13-11-24)20(26)23-16-6-7-18(22)17(21)14-16/h2-7,14H,8-13H2,1H3,(H,23,26). The van der Waals surface area contributed by atoms with Gasteiger partial charge in [0.05, 0.1) is 12.1 Å². The summed E-state index contributed by atoms with van der Waals surface area (Å²) in [6.07, 6.45) is 0.907. The lowest BCUT2D eigenvalue weighted by atomic mass is 10.1. The molecule has 2 aromatic rings. The molecule has 2 aromatic carbocycles. The number of piperazine rings is 1. The minimum absolute atomic E-state index is 0.00559. The maximum absolute atomic E-state index is 13.2. The Bertz CT molecular complexity index is 795. The van der Waals surface area contributed by atoms with E-state index in [2.05, 4.69) is 16.3 Å². The van der Waals surface area contributed by atoms with E-state index in [9.17, 15) is 9.18 Å². The molecule has 7 heteroatoms. The molecule has 1 aliphatic rings. The van der Waals surface area contributed by atoms with Gasteiger partial charge in [-0.25, -0.2) is 9.18 Å². The number of nitrogens with zero attached hydrogens (tertiary/aromatic N) is 2. The highest BCUT2D eigenvalue weighted by atomic mass is 35.5. The lowest BCUT2D eigenvalue weighted by molar-refractivity contribution is 0.148. The van der Waals surface area contributed by atoms with Crippen LogP contribution in [0.5, 0.6) is 5.75 Å². The average Bonchev–Trinajstić information content (AvgIpc) is 2.69. The van der Waals surface area contributed by atoms with Gasteiger partial charge in [0.2, 0.25) is 0 Å². The smallest absolute Gasteiger partial charge is 0.321 e. The number of urea groups is 1. The van der Waals surface area contributed by atoms with E-state index in [-0.39, 0.29) is 11.1 Å². The first-order valence-corrected chi connectivity index (χ1v) is 9.30. The molecular formula is C20H23ClFN3O2. The highest BCUT2D eigenvalue weighted by Crippen LogP contribution is 2.20. The van der Waals surface area contributed by atoms with E-state index in [1.807, 2.05) is 18.2 Å². The number of benzene rings is 2. The normalized spacial score (nSPS) is 14.9. The van der Waals surface area contributed by atoms with Crippen LogP contribution < -0.4 is 10.1 Å². The van der Waals surface area contributed by atoms with Crippen molar-refractivity contribution in [2.75, 3.05) is 45.2 Å². The predicted octanol–water partition coefficient (Wildman–Crippen LogP) is 3.88. The van der Waals surface area contributed by atoms with E-state index >= 15 is 0 Å². The van der Waals surface area contributed by atoms with Gasteiger partial charge in [0.25, 0.3) is 0 Å². The molecule has 0 spiro atoms. The summed E-state index contributed by atoms with van der Waals surface area (Å²) in [5.74, 6) is 0.409. The van der Waals surface area contributed by atoms with Crippen molar-refractivity contribution in [3.8, 4) is 5.75 Å². The Balaban J connectivity index is 1.46. The van der Waals surface area contributed by atoms with Crippen molar-refractivity contribution in [2.24, 2.45) is 0 Å². The Labute approximate surface area is 163 Å². The van der Waals surface area contributed by atoms with E-state index in [1.54, 1.807) is 12.0 Å². The summed E-state index contributed by atoms with van der Waals surface area (Å²) in [5, 5.41) is 2.76. The number of para-hydroxylation sites is 1. The van der Waals surface area contributed by atoms with Gasteiger partial charge in [-0.15, -0.1) is 0 Å². The fourth-order valence-electron chi connectivity index (χ4n) is 3.14. The zero-order valence-electron chi connectivity index (χ0n) is 15.3. The van der Waals surface area contributed by atoms with Crippen LogP contribution in [0, 0.1) is 5.82 Å². The van der Waals surface area contributed by atoms with E-state index < -0.39 is 5.82 Å². The average molecular weight is 392 g/mol. The number of hydrogen-bond donors (Lipinski definition) is 1. The Morgan fingerprint density at radius 1 is 1.19 bits per heavy atom. The minimum atomic E-state index is -0.502. The molecule has 27 heavy (non-hydrogen) atoms. The molecule has 1 aliphatic heterocycles. The van der Waals surface area contributed by atoms with Crippen LogP contribution in [0.15, 0.2) is 42.5 Å². The zero-order valence-corrected chi connectivity index (χ0v) is 16.0. The van der Waals surface area contributed by atoms with Crippen molar-refractivity contribution in [3.63, 3.8) is 0 Å². The molecule has 0 atom stereocenters. The highest BCUT2D eigenvalue weighted by Gasteiger charge is 2.21. The van der Waals surface area contributed by atoms with Crippen LogP contribution in [-0.4, -0.2) is 55.7 Å². The van der Waals surface area contributed by atoms with Gasteiger partial charge >= 0.3 is 6.03 Å². The second kappa shape index (κ2) is 9.06. The SMILES string of the molecule is COc1ccccc1CCN1CCN(C(=O)Nc2ccc(F)c(Cl)c2)CC1. The third-order valence-electron chi connectivity index (χ3n) is 4.72. The third kappa shape index (κ3) is 5.11. The summed E-state index contributed by atoms with van der Waals surface area (Å²) in [6, 6.07) is 12.0. The van der Waals surface area contributed by atoms with Crippen molar-refractivity contribution < 1.29 is 13.9 Å². The molecule has 5 nitrogen and oxygen atoms in total. The lowest BCUT2D eigenvalue weighted by Gasteiger charge is -2.34. The first kappa shape index (κ1) is 19.5. The van der Waals surface area contributed by atoms with Crippen molar-refractivity contribution in [1.82, 2.24) is 9.80 Å². The van der Waals surface area contributed by atoms with Gasteiger partial charge in [0, 0.05) is 38.4 Å². The van der Waals surface area contributed by atoms with Gasteiger partial charge in [0.15, 0.2) is 0 Å². The van der Waals surface area contributed by atoms with Crippen molar-refractivity contribution >= 4 is 23.3 Å². The van der Waals surface area contributed by atoms with E-state index in [0.717, 1.165) is 31.8 Å². The minimum Gasteiger partial charge on any atom is -0.496 e. The molecule has 1 fully saturated rings. The predicted molar refractivity (Wildman–Crippen MR) is 105 cm³/mol. The fourth-order valence-corrected chi connectivity index (χ4v) is 3.32. The van der Waals surface area contributed by atoms with Crippen LogP contribution in [0.2, 0.25) is 5.02 Å². The topological polar surface area (TPSA) is 44.8 Å². The number of rotatable bonds is 5. The quantitative estimate of drug-likeness (QED) is 0.841. The fraction of sp³-hybridized carbons (Fsp3) is 0.350. The molecule has 1 saturated heterocycles. The second-order valence-corrected chi connectivity index (χ2v) is 6.86. The molecule has 1 N–H and O–H groups in total. The summed E-state index contributed by atoms with van der Waals surface area (Å²) < 4.78 is 18.6. The monoisotopic (exact) mass is 391 g/mol. The molecule has 0 saturated carbocycles. The first-order chi connectivity index (χ1) is 13.1. The molecule has 0 aliphatic carbocycles.